The van der Waals surface area contributed by atoms with Crippen molar-refractivity contribution >= 4 is 11.8 Å². The molecule has 0 aromatic rings. The van der Waals surface area contributed by atoms with Gasteiger partial charge in [-0.1, -0.05) is 19.2 Å². The molecule has 0 aliphatic carbocycles. The van der Waals surface area contributed by atoms with E-state index in [4.69, 9.17) is 0 Å². The topological polar surface area (TPSA) is 37.4 Å². The minimum atomic E-state index is -0.447. The lowest BCUT2D eigenvalue weighted by atomic mass is 10.2. The number of carbonyl (C=O) groups is 2. The Hall–Kier alpha value is -1.64. The second-order valence-electron chi connectivity index (χ2n) is 2.43. The highest BCUT2D eigenvalue weighted by Crippen LogP contribution is 2.02. The van der Waals surface area contributed by atoms with Crippen molar-refractivity contribution in [3.63, 3.8) is 0 Å². The molecule has 0 radical (unpaired) electrons. The van der Waals surface area contributed by atoms with Crippen molar-refractivity contribution in [1.29, 1.82) is 0 Å². The predicted molar refractivity (Wildman–Crippen MR) is 51.9 cm³/mol. The minimum absolute atomic E-state index is 0.351. The largest absolute Gasteiger partial charge is 0.269 e. The van der Waals surface area contributed by atoms with Gasteiger partial charge in [-0.15, -0.1) is 6.58 Å². The summed E-state index contributed by atoms with van der Waals surface area (Å²) in [4.78, 5) is 23.4. The number of rotatable bonds is 4. The summed E-state index contributed by atoms with van der Waals surface area (Å²) in [5.41, 5.74) is 0. The van der Waals surface area contributed by atoms with Gasteiger partial charge < -0.3 is 0 Å². The fraction of sp³-hybridized carbons (Fsp3) is 0.200. The average molecular weight is 179 g/mol. The molecule has 0 spiro atoms. The lowest BCUT2D eigenvalue weighted by molar-refractivity contribution is -0.140. The van der Waals surface area contributed by atoms with Crippen LogP contribution in [0.3, 0.4) is 0 Å². The van der Waals surface area contributed by atoms with Crippen LogP contribution in [0.4, 0.5) is 0 Å². The summed E-state index contributed by atoms with van der Waals surface area (Å²) >= 11 is 0. The predicted octanol–water partition coefficient (Wildman–Crippen LogP) is 1.29. The van der Waals surface area contributed by atoms with E-state index in [0.717, 1.165) is 17.1 Å². The summed E-state index contributed by atoms with van der Waals surface area (Å²) in [5, 5.41) is 0. The molecule has 0 N–H and O–H groups in total. The van der Waals surface area contributed by atoms with Crippen molar-refractivity contribution in [2.45, 2.75) is 13.0 Å². The summed E-state index contributed by atoms with van der Waals surface area (Å²) in [6, 6.07) is -0.351. The molecule has 1 unspecified atom stereocenters. The summed E-state index contributed by atoms with van der Waals surface area (Å²) < 4.78 is 0. The van der Waals surface area contributed by atoms with Gasteiger partial charge >= 0.3 is 0 Å². The van der Waals surface area contributed by atoms with E-state index in [-0.39, 0.29) is 6.04 Å². The third-order valence-electron chi connectivity index (χ3n) is 1.57. The molecule has 0 aliphatic rings. The fourth-order valence-electron chi connectivity index (χ4n) is 0.812. The molecular formula is C10H13NO2. The van der Waals surface area contributed by atoms with E-state index in [9.17, 15) is 9.59 Å². The molecule has 0 aromatic carbocycles. The van der Waals surface area contributed by atoms with E-state index in [1.807, 2.05) is 0 Å². The van der Waals surface area contributed by atoms with Crippen molar-refractivity contribution in [1.82, 2.24) is 4.90 Å². The molecule has 0 fully saturated rings. The second kappa shape index (κ2) is 5.09. The summed E-state index contributed by atoms with van der Waals surface area (Å²) in [7, 11) is 0. The van der Waals surface area contributed by atoms with Gasteiger partial charge in [0.25, 0.3) is 11.8 Å². The van der Waals surface area contributed by atoms with E-state index in [0.29, 0.717) is 0 Å². The Morgan fingerprint density at radius 2 is 1.54 bits per heavy atom. The van der Waals surface area contributed by atoms with Crippen LogP contribution in [0.1, 0.15) is 6.92 Å². The first-order chi connectivity index (χ1) is 6.08. The van der Waals surface area contributed by atoms with Gasteiger partial charge in [0, 0.05) is 0 Å². The highest BCUT2D eigenvalue weighted by molar-refractivity contribution is 6.05. The van der Waals surface area contributed by atoms with Crippen LogP contribution in [0, 0.1) is 0 Å². The van der Waals surface area contributed by atoms with Gasteiger partial charge in [0.1, 0.15) is 0 Å². The third-order valence-corrected chi connectivity index (χ3v) is 1.57. The standard InChI is InChI=1S/C10H13NO2/c1-5-8(4)11(9(12)6-2)10(13)7-3/h5-8H,1-3H2,4H3. The Labute approximate surface area is 78.0 Å². The Morgan fingerprint density at radius 1 is 1.15 bits per heavy atom. The smallest absolute Gasteiger partial charge is 0.253 e. The Balaban J connectivity index is 4.83. The summed E-state index contributed by atoms with van der Waals surface area (Å²) in [6.45, 7) is 11.8. The van der Waals surface area contributed by atoms with Crippen molar-refractivity contribution in [3.8, 4) is 0 Å². The number of nitrogens with zero attached hydrogens (tertiary/aromatic N) is 1. The lowest BCUT2D eigenvalue weighted by Gasteiger charge is -2.22. The molecule has 13 heavy (non-hydrogen) atoms. The number of carbonyl (C=O) groups excluding carboxylic acids is 2. The van der Waals surface area contributed by atoms with E-state index >= 15 is 0 Å². The molecule has 0 aromatic heterocycles. The van der Waals surface area contributed by atoms with Crippen LogP contribution in [-0.2, 0) is 9.59 Å². The maximum atomic E-state index is 11.2. The third kappa shape index (κ3) is 2.71. The number of amides is 2. The van der Waals surface area contributed by atoms with E-state index in [1.165, 1.54) is 6.08 Å². The molecule has 3 heteroatoms. The van der Waals surface area contributed by atoms with Crippen molar-refractivity contribution < 1.29 is 9.59 Å². The molecule has 0 rings (SSSR count). The normalized spacial score (nSPS) is 11.2. The maximum Gasteiger partial charge on any atom is 0.253 e. The van der Waals surface area contributed by atoms with Gasteiger partial charge in [-0.05, 0) is 19.1 Å². The van der Waals surface area contributed by atoms with Crippen LogP contribution in [0.15, 0.2) is 38.0 Å². The highest BCUT2D eigenvalue weighted by Gasteiger charge is 2.20. The molecule has 2 amide bonds. The molecule has 0 saturated carbocycles. The number of imide groups is 1. The molecule has 0 heterocycles. The van der Waals surface area contributed by atoms with Gasteiger partial charge in [-0.2, -0.15) is 0 Å². The van der Waals surface area contributed by atoms with Crippen molar-refractivity contribution in [3.05, 3.63) is 38.0 Å². The first-order valence-electron chi connectivity index (χ1n) is 3.83. The number of hydrogen-bond acceptors (Lipinski definition) is 2. The van der Waals surface area contributed by atoms with Gasteiger partial charge in [-0.25, -0.2) is 0 Å². The molecule has 0 bridgehead atoms. The molecule has 1 atom stereocenters. The Kier molecular flexibility index (Phi) is 4.44. The van der Waals surface area contributed by atoms with Crippen LogP contribution >= 0.6 is 0 Å². The molecule has 0 saturated heterocycles. The van der Waals surface area contributed by atoms with Crippen LogP contribution < -0.4 is 0 Å². The number of hydrogen-bond donors (Lipinski definition) is 0. The van der Waals surface area contributed by atoms with Crippen molar-refractivity contribution in [2.24, 2.45) is 0 Å². The maximum absolute atomic E-state index is 11.2. The average Bonchev–Trinajstić information content (AvgIpc) is 2.16. The molecular weight excluding hydrogens is 166 g/mol. The molecule has 3 nitrogen and oxygen atoms in total. The quantitative estimate of drug-likeness (QED) is 0.481. The SMILES string of the molecule is C=CC(=O)N(C(=O)C=C)C(C)C=C. The Morgan fingerprint density at radius 3 is 1.77 bits per heavy atom. The monoisotopic (exact) mass is 179 g/mol. The minimum Gasteiger partial charge on any atom is -0.269 e. The highest BCUT2D eigenvalue weighted by atomic mass is 16.2. The zero-order chi connectivity index (χ0) is 10.4. The zero-order valence-electron chi connectivity index (χ0n) is 7.69. The molecule has 70 valence electrons. The van der Waals surface area contributed by atoms with Gasteiger partial charge in [-0.3, -0.25) is 14.5 Å². The van der Waals surface area contributed by atoms with E-state index in [1.54, 1.807) is 6.92 Å². The zero-order valence-corrected chi connectivity index (χ0v) is 7.69. The second-order valence-corrected chi connectivity index (χ2v) is 2.43. The van der Waals surface area contributed by atoms with Crippen LogP contribution in [0.25, 0.3) is 0 Å². The summed E-state index contributed by atoms with van der Waals surface area (Å²) in [5.74, 6) is -0.894. The van der Waals surface area contributed by atoms with Crippen molar-refractivity contribution in [2.75, 3.05) is 0 Å². The van der Waals surface area contributed by atoms with Crippen LogP contribution in [0.5, 0.6) is 0 Å². The van der Waals surface area contributed by atoms with Gasteiger partial charge in [0.15, 0.2) is 0 Å². The van der Waals surface area contributed by atoms with E-state index < -0.39 is 11.8 Å². The fourth-order valence-corrected chi connectivity index (χ4v) is 0.812. The molecule has 0 aliphatic heterocycles. The lowest BCUT2D eigenvalue weighted by Crippen LogP contribution is -2.40. The first-order valence-corrected chi connectivity index (χ1v) is 3.83. The van der Waals surface area contributed by atoms with Gasteiger partial charge in [0.05, 0.1) is 6.04 Å². The first kappa shape index (κ1) is 11.4. The Bertz CT molecular complexity index is 236. The van der Waals surface area contributed by atoms with Crippen LogP contribution in [-0.4, -0.2) is 22.8 Å². The van der Waals surface area contributed by atoms with E-state index in [2.05, 4.69) is 19.7 Å². The van der Waals surface area contributed by atoms with Crippen LogP contribution in [0.2, 0.25) is 0 Å². The summed E-state index contributed by atoms with van der Waals surface area (Å²) in [6.07, 6.45) is 3.67. The van der Waals surface area contributed by atoms with Gasteiger partial charge in [0.2, 0.25) is 0 Å².